The van der Waals surface area contributed by atoms with Crippen LogP contribution in [0.1, 0.15) is 45.7 Å². The highest BCUT2D eigenvalue weighted by Gasteiger charge is 2.24. The molecule has 1 aromatic rings. The van der Waals surface area contributed by atoms with Crippen molar-refractivity contribution >= 4 is 36.0 Å². The molecule has 7 nitrogen and oxygen atoms in total. The van der Waals surface area contributed by atoms with Gasteiger partial charge >= 0.3 is 6.09 Å². The number of carbonyl (C=O) groups excluding carboxylic acids is 1. The smallest absolute Gasteiger partial charge is 0.408 e. The van der Waals surface area contributed by atoms with Crippen LogP contribution >= 0.6 is 24.0 Å². The molecule has 0 spiro atoms. The van der Waals surface area contributed by atoms with Gasteiger partial charge in [0, 0.05) is 27.2 Å². The summed E-state index contributed by atoms with van der Waals surface area (Å²) in [6, 6.07) is 8.10. The number of nitrogens with one attached hydrogen (secondary N) is 3. The molecule has 0 heterocycles. The van der Waals surface area contributed by atoms with E-state index in [1.165, 1.54) is 0 Å². The lowest BCUT2D eigenvalue weighted by Gasteiger charge is -2.29. The molecule has 3 N–H and O–H groups in total. The zero-order valence-corrected chi connectivity index (χ0v) is 20.3. The number of alkyl carbamates (subject to hydrolysis) is 1. The number of carbonyl (C=O) groups is 1. The van der Waals surface area contributed by atoms with Crippen molar-refractivity contribution in [3.8, 4) is 0 Å². The van der Waals surface area contributed by atoms with Crippen molar-refractivity contribution in [2.45, 2.75) is 58.9 Å². The summed E-state index contributed by atoms with van der Waals surface area (Å²) in [4.78, 5) is 16.2. The minimum Gasteiger partial charge on any atom is -0.444 e. The molecule has 0 bridgehead atoms. The van der Waals surface area contributed by atoms with Crippen molar-refractivity contribution in [2.24, 2.45) is 4.99 Å². The van der Waals surface area contributed by atoms with Gasteiger partial charge < -0.3 is 25.4 Å². The normalized spacial score (nSPS) is 12.0. The standard InChI is InChI=1S/C20H34N4O3.HI/c1-19(2,3)27-18(25)24-20(4,5)14-23-17(21-6)22-12-15-10-8-9-11-16(15)13-26-7;/h8-11H,12-14H2,1-7H3,(H,24,25)(H2,21,22,23);1H. The van der Waals surface area contributed by atoms with Gasteiger partial charge in [-0.3, -0.25) is 4.99 Å². The third-order valence-electron chi connectivity index (χ3n) is 3.63. The van der Waals surface area contributed by atoms with Crippen LogP contribution in [0.3, 0.4) is 0 Å². The van der Waals surface area contributed by atoms with Crippen molar-refractivity contribution in [2.75, 3.05) is 20.7 Å². The Bertz CT molecular complexity index is 643. The minimum absolute atomic E-state index is 0. The van der Waals surface area contributed by atoms with Crippen LogP contribution in [0.4, 0.5) is 4.79 Å². The maximum Gasteiger partial charge on any atom is 0.408 e. The molecule has 1 amide bonds. The molecule has 8 heteroatoms. The van der Waals surface area contributed by atoms with Gasteiger partial charge in [-0.15, -0.1) is 24.0 Å². The van der Waals surface area contributed by atoms with Crippen molar-refractivity contribution < 1.29 is 14.3 Å². The number of guanidine groups is 1. The van der Waals surface area contributed by atoms with Crippen LogP contribution in [0.25, 0.3) is 0 Å². The highest BCUT2D eigenvalue weighted by molar-refractivity contribution is 14.0. The SMILES string of the molecule is CN=C(NCc1ccccc1COC)NCC(C)(C)NC(=O)OC(C)(C)C.I. The van der Waals surface area contributed by atoms with Gasteiger partial charge in [-0.2, -0.15) is 0 Å². The van der Waals surface area contributed by atoms with E-state index in [2.05, 4.69) is 27.0 Å². The minimum atomic E-state index is -0.527. The molecule has 1 aromatic carbocycles. The first kappa shape index (κ1) is 26.4. The number of ether oxygens (including phenoxy) is 2. The van der Waals surface area contributed by atoms with E-state index in [0.717, 1.165) is 11.1 Å². The van der Waals surface area contributed by atoms with Crippen LogP contribution in [0.5, 0.6) is 0 Å². The maximum absolute atomic E-state index is 12.0. The second-order valence-electron chi connectivity index (χ2n) is 7.99. The number of methoxy groups -OCH3 is 1. The van der Waals surface area contributed by atoms with E-state index < -0.39 is 17.2 Å². The Balaban J connectivity index is 0.00000729. The summed E-state index contributed by atoms with van der Waals surface area (Å²) in [5, 5.41) is 9.39. The molecule has 0 saturated heterocycles. The number of hydrogen-bond acceptors (Lipinski definition) is 4. The first-order valence-electron chi connectivity index (χ1n) is 9.08. The number of benzene rings is 1. The van der Waals surface area contributed by atoms with E-state index in [-0.39, 0.29) is 24.0 Å². The van der Waals surface area contributed by atoms with Gasteiger partial charge in [-0.05, 0) is 45.7 Å². The van der Waals surface area contributed by atoms with E-state index in [1.807, 2.05) is 52.8 Å². The molecule has 28 heavy (non-hydrogen) atoms. The number of nitrogens with zero attached hydrogens (tertiary/aromatic N) is 1. The van der Waals surface area contributed by atoms with E-state index in [4.69, 9.17) is 9.47 Å². The Morgan fingerprint density at radius 3 is 2.21 bits per heavy atom. The predicted molar refractivity (Wildman–Crippen MR) is 124 cm³/mol. The second kappa shape index (κ2) is 12.1. The van der Waals surface area contributed by atoms with Gasteiger partial charge in [-0.25, -0.2) is 4.79 Å². The molecule has 0 saturated carbocycles. The van der Waals surface area contributed by atoms with Crippen molar-refractivity contribution in [3.05, 3.63) is 35.4 Å². The summed E-state index contributed by atoms with van der Waals surface area (Å²) in [5.74, 6) is 0.654. The van der Waals surface area contributed by atoms with Crippen LogP contribution in [0.15, 0.2) is 29.3 Å². The fraction of sp³-hybridized carbons (Fsp3) is 0.600. The highest BCUT2D eigenvalue weighted by atomic mass is 127. The van der Waals surface area contributed by atoms with Gasteiger partial charge in [0.1, 0.15) is 5.60 Å². The largest absolute Gasteiger partial charge is 0.444 e. The molecular formula is C20H35IN4O3. The van der Waals surface area contributed by atoms with Crippen LogP contribution in [-0.4, -0.2) is 43.9 Å². The quantitative estimate of drug-likeness (QED) is 0.300. The maximum atomic E-state index is 12.0. The van der Waals surface area contributed by atoms with Gasteiger partial charge in [0.15, 0.2) is 5.96 Å². The van der Waals surface area contributed by atoms with Gasteiger partial charge in [0.2, 0.25) is 0 Å². The second-order valence-corrected chi connectivity index (χ2v) is 7.99. The number of amides is 1. The monoisotopic (exact) mass is 506 g/mol. The summed E-state index contributed by atoms with van der Waals surface area (Å²) >= 11 is 0. The molecule has 0 aliphatic rings. The highest BCUT2D eigenvalue weighted by Crippen LogP contribution is 2.10. The predicted octanol–water partition coefficient (Wildman–Crippen LogP) is 3.42. The lowest BCUT2D eigenvalue weighted by molar-refractivity contribution is 0.0474. The van der Waals surface area contributed by atoms with Crippen LogP contribution in [0.2, 0.25) is 0 Å². The average Bonchev–Trinajstić information content (AvgIpc) is 2.54. The number of aliphatic imine (C=N–C) groups is 1. The molecule has 0 unspecified atom stereocenters. The number of halogens is 1. The Kier molecular flexibility index (Phi) is 11.4. The fourth-order valence-corrected chi connectivity index (χ4v) is 2.35. The van der Waals surface area contributed by atoms with Crippen LogP contribution in [0, 0.1) is 0 Å². The summed E-state index contributed by atoms with van der Waals surface area (Å²) in [5.41, 5.74) is 1.25. The fourth-order valence-electron chi connectivity index (χ4n) is 2.35. The van der Waals surface area contributed by atoms with Crippen molar-refractivity contribution in [1.82, 2.24) is 16.0 Å². The van der Waals surface area contributed by atoms with Crippen molar-refractivity contribution in [3.63, 3.8) is 0 Å². The Labute approximate surface area is 186 Å². The first-order valence-corrected chi connectivity index (χ1v) is 9.08. The average molecular weight is 506 g/mol. The van der Waals surface area contributed by atoms with E-state index >= 15 is 0 Å². The zero-order valence-electron chi connectivity index (χ0n) is 18.0. The van der Waals surface area contributed by atoms with E-state index in [0.29, 0.717) is 25.7 Å². The number of rotatable bonds is 7. The summed E-state index contributed by atoms with van der Waals surface area (Å²) in [7, 11) is 3.40. The molecule has 1 rings (SSSR count). The Morgan fingerprint density at radius 2 is 1.68 bits per heavy atom. The molecule has 0 atom stereocenters. The third kappa shape index (κ3) is 10.7. The molecule has 0 radical (unpaired) electrons. The first-order chi connectivity index (χ1) is 12.6. The number of hydrogen-bond donors (Lipinski definition) is 3. The zero-order chi connectivity index (χ0) is 20.5. The Morgan fingerprint density at radius 1 is 1.07 bits per heavy atom. The third-order valence-corrected chi connectivity index (χ3v) is 3.63. The summed E-state index contributed by atoms with van der Waals surface area (Å²) in [6.07, 6.45) is -0.439. The molecule has 0 aliphatic heterocycles. The molecule has 160 valence electrons. The lowest BCUT2D eigenvalue weighted by Crippen LogP contribution is -2.54. The van der Waals surface area contributed by atoms with Gasteiger partial charge in [-0.1, -0.05) is 24.3 Å². The summed E-state index contributed by atoms with van der Waals surface area (Å²) in [6.45, 7) is 11.0. The van der Waals surface area contributed by atoms with Crippen LogP contribution in [-0.2, 0) is 22.6 Å². The van der Waals surface area contributed by atoms with Crippen LogP contribution < -0.4 is 16.0 Å². The molecule has 0 fully saturated rings. The van der Waals surface area contributed by atoms with Crippen molar-refractivity contribution in [1.29, 1.82) is 0 Å². The van der Waals surface area contributed by atoms with E-state index in [9.17, 15) is 4.79 Å². The van der Waals surface area contributed by atoms with Gasteiger partial charge in [0.25, 0.3) is 0 Å². The molecule has 0 aromatic heterocycles. The molecular weight excluding hydrogens is 471 g/mol. The van der Waals surface area contributed by atoms with Gasteiger partial charge in [0.05, 0.1) is 12.1 Å². The molecule has 0 aliphatic carbocycles. The summed E-state index contributed by atoms with van der Waals surface area (Å²) < 4.78 is 10.6. The lowest BCUT2D eigenvalue weighted by atomic mass is 10.1. The Hall–Kier alpha value is -1.55. The van der Waals surface area contributed by atoms with E-state index in [1.54, 1.807) is 14.2 Å². The topological polar surface area (TPSA) is 84.0 Å².